The van der Waals surface area contributed by atoms with Gasteiger partial charge in [-0.1, -0.05) is 31.8 Å². The summed E-state index contributed by atoms with van der Waals surface area (Å²) in [6, 6.07) is 11.6. The molecule has 1 unspecified atom stereocenters. The summed E-state index contributed by atoms with van der Waals surface area (Å²) in [5, 5.41) is 7.77. The molecule has 18 heteroatoms. The van der Waals surface area contributed by atoms with Gasteiger partial charge in [-0.25, -0.2) is 21.0 Å². The smallest absolute Gasteiger partial charge is 0.290 e. The number of nitrogens with one attached hydrogen (secondary N) is 1. The van der Waals surface area contributed by atoms with E-state index in [0.717, 1.165) is 35.6 Å². The number of nitrogens with two attached hydrogens (primary N) is 1. The van der Waals surface area contributed by atoms with Crippen LogP contribution in [0.1, 0.15) is 4.88 Å². The molecule has 1 aromatic heterocycles. The maximum atomic E-state index is 14.6. The van der Waals surface area contributed by atoms with Gasteiger partial charge in [0.15, 0.2) is 0 Å². The molecule has 2 aromatic carbocycles. The normalized spacial score (nSPS) is 14.0. The van der Waals surface area contributed by atoms with Crippen LogP contribution in [-0.4, -0.2) is 54.1 Å². The molecule has 11 nitrogen and oxygen atoms in total. The molecule has 3 rings (SSSR count). The van der Waals surface area contributed by atoms with Gasteiger partial charge in [0, 0.05) is 4.47 Å². The van der Waals surface area contributed by atoms with Crippen LogP contribution in [-0.2, 0) is 39.8 Å². The summed E-state index contributed by atoms with van der Waals surface area (Å²) in [6.07, 6.45) is 3.00. The van der Waals surface area contributed by atoms with Crippen molar-refractivity contribution in [2.24, 2.45) is 9.50 Å². The monoisotopic (exact) mass is 700 g/mol. The summed E-state index contributed by atoms with van der Waals surface area (Å²) in [7, 11) is -17.4. The number of hydrogen-bond donors (Lipinski definition) is 2. The fourth-order valence-electron chi connectivity index (χ4n) is 3.24. The lowest BCUT2D eigenvalue weighted by molar-refractivity contribution is 0.589. The molecule has 0 aliphatic carbocycles. The third kappa shape index (κ3) is 6.43. The van der Waals surface area contributed by atoms with Crippen LogP contribution in [0.25, 0.3) is 0 Å². The molecular formula is C20H21BrN4O7S6. The van der Waals surface area contributed by atoms with Gasteiger partial charge in [0.1, 0.15) is 15.6 Å². The molecule has 0 saturated heterocycles. The van der Waals surface area contributed by atoms with Gasteiger partial charge in [0.05, 0.1) is 42.0 Å². The molecule has 1 atom stereocenters. The summed E-state index contributed by atoms with van der Waals surface area (Å²) in [6.45, 7) is 0. The highest BCUT2D eigenvalue weighted by atomic mass is 79.9. The number of nitrogen functional groups attached to an aromatic ring is 1. The van der Waals surface area contributed by atoms with E-state index in [1.54, 1.807) is 18.4 Å². The lowest BCUT2D eigenvalue weighted by atomic mass is 10.3. The maximum absolute atomic E-state index is 14.6. The van der Waals surface area contributed by atoms with Crippen LogP contribution in [0.2, 0.25) is 0 Å². The van der Waals surface area contributed by atoms with E-state index in [4.69, 9.17) is 11.1 Å². The highest BCUT2D eigenvalue weighted by Crippen LogP contribution is 2.39. The van der Waals surface area contributed by atoms with E-state index in [9.17, 15) is 29.5 Å². The fourth-order valence-corrected chi connectivity index (χ4v) is 13.3. The topological polar surface area (TPSA) is 185 Å². The van der Waals surface area contributed by atoms with E-state index in [1.165, 1.54) is 30.0 Å². The Morgan fingerprint density at radius 2 is 1.53 bits per heavy atom. The first-order valence-electron chi connectivity index (χ1n) is 10.0. The van der Waals surface area contributed by atoms with Crippen molar-refractivity contribution in [1.29, 1.82) is 5.41 Å². The molecule has 0 amide bonds. The number of amidine groups is 1. The van der Waals surface area contributed by atoms with E-state index >= 15 is 0 Å². The number of hydrogen-bond acceptors (Lipinski definition) is 10. The molecule has 0 aliphatic heterocycles. The Bertz CT molecular complexity index is 1850. The van der Waals surface area contributed by atoms with Gasteiger partial charge in [-0.05, 0) is 48.7 Å². The molecule has 0 fully saturated rings. The van der Waals surface area contributed by atoms with Crippen LogP contribution in [0, 0.1) is 5.41 Å². The van der Waals surface area contributed by atoms with Gasteiger partial charge in [0.2, 0.25) is 20.0 Å². The molecule has 3 N–H and O–H groups in total. The van der Waals surface area contributed by atoms with Gasteiger partial charge in [-0.15, -0.1) is 23.1 Å². The van der Waals surface area contributed by atoms with Crippen LogP contribution >= 0.6 is 39.0 Å². The van der Waals surface area contributed by atoms with E-state index in [0.29, 0.717) is 21.2 Å². The number of halogens is 1. The van der Waals surface area contributed by atoms with Gasteiger partial charge in [-0.2, -0.15) is 12.1 Å². The standard InChI is InChI=1S/C20H21BrN4O7S6/c1-33-20-18(12-17(34-20)19(22)23)37(30,15-8-4-6-13(21)10-15)24-38(31,32)16-9-5-7-14(11-16)25(35(2,26)27)36(3,28)29/h4-12H,1-3H3,(H3,22,23). The lowest BCUT2D eigenvalue weighted by Crippen LogP contribution is -2.35. The zero-order chi connectivity index (χ0) is 28.7. The van der Waals surface area contributed by atoms with Crippen molar-refractivity contribution in [3.8, 4) is 0 Å². The number of benzene rings is 2. The van der Waals surface area contributed by atoms with Crippen LogP contribution in [0.4, 0.5) is 5.69 Å². The van der Waals surface area contributed by atoms with Crippen molar-refractivity contribution in [3.05, 3.63) is 63.9 Å². The van der Waals surface area contributed by atoms with E-state index in [-0.39, 0.29) is 24.2 Å². The minimum atomic E-state index is -4.78. The summed E-state index contributed by atoms with van der Waals surface area (Å²) < 4.78 is 95.3. The van der Waals surface area contributed by atoms with Crippen molar-refractivity contribution in [2.45, 2.75) is 18.9 Å². The van der Waals surface area contributed by atoms with Crippen LogP contribution in [0.3, 0.4) is 0 Å². The molecule has 0 saturated carbocycles. The molecule has 206 valence electrons. The third-order valence-corrected chi connectivity index (χ3v) is 15.3. The Kier molecular flexibility index (Phi) is 8.77. The van der Waals surface area contributed by atoms with E-state index in [2.05, 4.69) is 19.7 Å². The first-order chi connectivity index (χ1) is 17.4. The molecule has 0 bridgehead atoms. The molecule has 1 heterocycles. The lowest BCUT2D eigenvalue weighted by Gasteiger charge is -2.20. The summed E-state index contributed by atoms with van der Waals surface area (Å²) >= 11 is 5.51. The second-order valence-electron chi connectivity index (χ2n) is 7.63. The van der Waals surface area contributed by atoms with Crippen molar-refractivity contribution in [2.75, 3.05) is 22.5 Å². The first kappa shape index (κ1) is 30.6. The fraction of sp³-hybridized carbons (Fsp3) is 0.150. The zero-order valence-corrected chi connectivity index (χ0v) is 26.3. The number of rotatable bonds is 9. The van der Waals surface area contributed by atoms with Crippen molar-refractivity contribution in [3.63, 3.8) is 0 Å². The minimum absolute atomic E-state index is 0.0342. The Hall–Kier alpha value is -1.96. The predicted octanol–water partition coefficient (Wildman–Crippen LogP) is 3.52. The van der Waals surface area contributed by atoms with Gasteiger partial charge < -0.3 is 5.73 Å². The summed E-state index contributed by atoms with van der Waals surface area (Å²) in [5.74, 6) is -0.301. The Labute approximate surface area is 238 Å². The van der Waals surface area contributed by atoms with Crippen molar-refractivity contribution < 1.29 is 29.5 Å². The molecule has 0 spiro atoms. The Morgan fingerprint density at radius 1 is 0.947 bits per heavy atom. The molecule has 38 heavy (non-hydrogen) atoms. The predicted molar refractivity (Wildman–Crippen MR) is 154 cm³/mol. The highest BCUT2D eigenvalue weighted by molar-refractivity contribution is 9.10. The minimum Gasteiger partial charge on any atom is -0.383 e. The van der Waals surface area contributed by atoms with Crippen LogP contribution in [0.5, 0.6) is 0 Å². The van der Waals surface area contributed by atoms with Gasteiger partial charge >= 0.3 is 0 Å². The Morgan fingerprint density at radius 3 is 2.05 bits per heavy atom. The molecule has 3 aromatic rings. The third-order valence-electron chi connectivity index (χ3n) is 4.66. The Balaban J connectivity index is 2.38. The van der Waals surface area contributed by atoms with Crippen molar-refractivity contribution >= 4 is 90.4 Å². The number of thioether (sulfide) groups is 1. The SMILES string of the molecule is CSc1sc(C(=N)N)cc1S(=O)(=NS(=O)(=O)c1cccc(N(S(C)(=O)=O)S(C)(=O)=O)c1)c1cccc(Br)c1. The average molecular weight is 702 g/mol. The molecular weight excluding hydrogens is 681 g/mol. The van der Waals surface area contributed by atoms with E-state index < -0.39 is 50.4 Å². The van der Waals surface area contributed by atoms with Crippen LogP contribution < -0.4 is 9.44 Å². The average Bonchev–Trinajstić information content (AvgIpc) is 3.23. The van der Waals surface area contributed by atoms with E-state index in [1.807, 2.05) is 0 Å². The highest BCUT2D eigenvalue weighted by Gasteiger charge is 2.31. The number of thiophene rings is 1. The first-order valence-corrected chi connectivity index (χ1v) is 19.5. The number of anilines is 1. The quantitative estimate of drug-likeness (QED) is 0.191. The van der Waals surface area contributed by atoms with Gasteiger partial charge in [0.25, 0.3) is 10.0 Å². The maximum Gasteiger partial charge on any atom is 0.290 e. The number of sulfonamides is 3. The van der Waals surface area contributed by atoms with Crippen molar-refractivity contribution in [1.82, 2.24) is 0 Å². The largest absolute Gasteiger partial charge is 0.383 e. The summed E-state index contributed by atoms with van der Waals surface area (Å²) in [4.78, 5) is -0.239. The summed E-state index contributed by atoms with van der Waals surface area (Å²) in [5.41, 5.74) is 5.16. The molecule has 0 aliphatic rings. The second kappa shape index (κ2) is 10.9. The second-order valence-corrected chi connectivity index (χ2v) is 18.6. The number of nitrogens with zero attached hydrogens (tertiary/aromatic N) is 2. The van der Waals surface area contributed by atoms with Gasteiger partial charge in [-0.3, -0.25) is 5.41 Å². The zero-order valence-electron chi connectivity index (χ0n) is 19.9. The molecule has 0 radical (unpaired) electrons. The van der Waals surface area contributed by atoms with Crippen LogP contribution in [0.15, 0.2) is 81.7 Å².